The molecule has 1 aromatic heterocycles. The third-order valence-corrected chi connectivity index (χ3v) is 3.98. The molecule has 2 aromatic rings. The van der Waals surface area contributed by atoms with Crippen LogP contribution in [-0.2, 0) is 11.3 Å². The van der Waals surface area contributed by atoms with Crippen molar-refractivity contribution in [3.63, 3.8) is 0 Å². The lowest BCUT2D eigenvalue weighted by atomic mass is 10.1. The van der Waals surface area contributed by atoms with Crippen LogP contribution < -0.4 is 10.5 Å². The normalized spacial score (nSPS) is 10.3. The maximum absolute atomic E-state index is 12.6. The molecule has 0 spiro atoms. The summed E-state index contributed by atoms with van der Waals surface area (Å²) in [5.41, 5.74) is 8.14. The fourth-order valence-electron chi connectivity index (χ4n) is 1.89. The summed E-state index contributed by atoms with van der Waals surface area (Å²) in [6.07, 6.45) is 0. The van der Waals surface area contributed by atoms with Crippen LogP contribution in [0.3, 0.4) is 0 Å². The minimum absolute atomic E-state index is 0.187. The summed E-state index contributed by atoms with van der Waals surface area (Å²) in [4.78, 5) is 30.2. The summed E-state index contributed by atoms with van der Waals surface area (Å²) in [5.74, 6) is -0.428. The second-order valence-electron chi connectivity index (χ2n) is 4.77. The average Bonchev–Trinajstić information content (AvgIpc) is 2.90. The molecule has 22 heavy (non-hydrogen) atoms. The highest BCUT2D eigenvalue weighted by atomic mass is 32.1. The Balaban J connectivity index is 2.14. The number of hydrogen-bond donors (Lipinski definition) is 1. The van der Waals surface area contributed by atoms with Crippen LogP contribution in [0.1, 0.15) is 20.9 Å². The lowest BCUT2D eigenvalue weighted by Gasteiger charge is -2.18. The molecular formula is C15H17N3O3S. The summed E-state index contributed by atoms with van der Waals surface area (Å²) in [7, 11) is 1.71. The molecule has 116 valence electrons. The van der Waals surface area contributed by atoms with E-state index in [-0.39, 0.29) is 12.5 Å². The summed E-state index contributed by atoms with van der Waals surface area (Å²) < 4.78 is 5.30. The molecule has 0 saturated heterocycles. The number of carbonyl (C=O) groups excluding carboxylic acids is 2. The average molecular weight is 319 g/mol. The lowest BCUT2D eigenvalue weighted by molar-refractivity contribution is -0.119. The predicted octanol–water partition coefficient (Wildman–Crippen LogP) is 1.59. The first-order valence-electron chi connectivity index (χ1n) is 6.63. The van der Waals surface area contributed by atoms with Crippen LogP contribution >= 0.6 is 11.3 Å². The first-order valence-corrected chi connectivity index (χ1v) is 7.51. The van der Waals surface area contributed by atoms with E-state index in [1.165, 1.54) is 11.3 Å². The molecule has 6 nitrogen and oxygen atoms in total. The van der Waals surface area contributed by atoms with Gasteiger partial charge in [0.2, 0.25) is 0 Å². The number of nitrogens with zero attached hydrogens (tertiary/aromatic N) is 2. The van der Waals surface area contributed by atoms with Crippen LogP contribution in [0.5, 0.6) is 5.75 Å². The van der Waals surface area contributed by atoms with Gasteiger partial charge >= 0.3 is 0 Å². The number of ether oxygens (including phenoxy) is 1. The number of amides is 2. The number of aryl methyl sites for hydroxylation is 1. The van der Waals surface area contributed by atoms with Crippen LogP contribution in [0.2, 0.25) is 0 Å². The second kappa shape index (κ2) is 7.04. The smallest absolute Gasteiger partial charge is 0.257 e. The van der Waals surface area contributed by atoms with Crippen LogP contribution in [0, 0.1) is 6.92 Å². The highest BCUT2D eigenvalue weighted by Crippen LogP contribution is 2.21. The number of aromatic nitrogens is 1. The van der Waals surface area contributed by atoms with Crippen molar-refractivity contribution >= 4 is 23.2 Å². The molecule has 0 atom stereocenters. The number of rotatable bonds is 6. The summed E-state index contributed by atoms with van der Waals surface area (Å²) in [6, 6.07) is 6.78. The Morgan fingerprint density at radius 2 is 2.09 bits per heavy atom. The Bertz CT molecular complexity index is 684. The molecule has 0 aliphatic heterocycles. The van der Waals surface area contributed by atoms with Gasteiger partial charge in [0.05, 0.1) is 23.3 Å². The number of benzene rings is 1. The molecule has 7 heteroatoms. The summed E-state index contributed by atoms with van der Waals surface area (Å²) >= 11 is 1.51. The molecule has 0 bridgehead atoms. The first-order chi connectivity index (χ1) is 10.5. The van der Waals surface area contributed by atoms with E-state index in [4.69, 9.17) is 10.5 Å². The zero-order chi connectivity index (χ0) is 16.1. The van der Waals surface area contributed by atoms with Crippen molar-refractivity contribution in [2.75, 3.05) is 13.7 Å². The minimum Gasteiger partial charge on any atom is -0.483 e. The predicted molar refractivity (Wildman–Crippen MR) is 83.8 cm³/mol. The second-order valence-corrected chi connectivity index (χ2v) is 5.71. The van der Waals surface area contributed by atoms with Gasteiger partial charge in [-0.25, -0.2) is 4.98 Å². The molecule has 1 aromatic carbocycles. The standard InChI is InChI=1S/C15H17N3O3S/c1-10-13(22-9-17-10)7-18(2)15(20)11-5-3-4-6-12(11)21-8-14(16)19/h3-6,9H,7-8H2,1-2H3,(H2,16,19). The van der Waals surface area contributed by atoms with Gasteiger partial charge in [-0.1, -0.05) is 12.1 Å². The maximum atomic E-state index is 12.6. The minimum atomic E-state index is -0.587. The van der Waals surface area contributed by atoms with Gasteiger partial charge in [0.15, 0.2) is 6.61 Å². The molecule has 2 rings (SSSR count). The van der Waals surface area contributed by atoms with Gasteiger partial charge in [0, 0.05) is 11.9 Å². The first kappa shape index (κ1) is 16.0. The van der Waals surface area contributed by atoms with Crippen molar-refractivity contribution in [3.8, 4) is 5.75 Å². The van der Waals surface area contributed by atoms with E-state index in [9.17, 15) is 9.59 Å². The van der Waals surface area contributed by atoms with Gasteiger partial charge in [-0.15, -0.1) is 11.3 Å². The Morgan fingerprint density at radius 3 is 2.73 bits per heavy atom. The van der Waals surface area contributed by atoms with Crippen molar-refractivity contribution in [2.24, 2.45) is 5.73 Å². The van der Waals surface area contributed by atoms with Gasteiger partial charge in [-0.3, -0.25) is 9.59 Å². The molecule has 0 aliphatic rings. The van der Waals surface area contributed by atoms with Gasteiger partial charge in [0.25, 0.3) is 11.8 Å². The zero-order valence-corrected chi connectivity index (χ0v) is 13.2. The van der Waals surface area contributed by atoms with Crippen LogP contribution in [0.15, 0.2) is 29.8 Å². The molecule has 0 saturated carbocycles. The number of carbonyl (C=O) groups is 2. The summed E-state index contributed by atoms with van der Waals surface area (Å²) in [5, 5.41) is 0. The van der Waals surface area contributed by atoms with E-state index >= 15 is 0 Å². The lowest BCUT2D eigenvalue weighted by Crippen LogP contribution is -2.27. The number of primary amides is 1. The largest absolute Gasteiger partial charge is 0.483 e. The molecular weight excluding hydrogens is 302 g/mol. The van der Waals surface area contributed by atoms with Crippen LogP contribution in [0.4, 0.5) is 0 Å². The number of nitrogens with two attached hydrogens (primary N) is 1. The quantitative estimate of drug-likeness (QED) is 0.876. The van der Waals surface area contributed by atoms with Crippen LogP contribution in [-0.4, -0.2) is 35.4 Å². The van der Waals surface area contributed by atoms with Gasteiger partial charge in [-0.2, -0.15) is 0 Å². The van der Waals surface area contributed by atoms with E-state index in [1.54, 1.807) is 41.7 Å². The van der Waals surface area contributed by atoms with Crippen molar-refractivity contribution in [1.82, 2.24) is 9.88 Å². The fraction of sp³-hybridized carbons (Fsp3) is 0.267. The third kappa shape index (κ3) is 3.82. The van der Waals surface area contributed by atoms with E-state index in [0.29, 0.717) is 17.9 Å². The number of para-hydroxylation sites is 1. The SMILES string of the molecule is Cc1ncsc1CN(C)C(=O)c1ccccc1OCC(N)=O. The van der Waals surface area contributed by atoms with Gasteiger partial charge < -0.3 is 15.4 Å². The zero-order valence-electron chi connectivity index (χ0n) is 12.4. The molecule has 0 aliphatic carbocycles. The van der Waals surface area contributed by atoms with Gasteiger partial charge in [-0.05, 0) is 19.1 Å². The van der Waals surface area contributed by atoms with Crippen molar-refractivity contribution in [2.45, 2.75) is 13.5 Å². The van der Waals surface area contributed by atoms with Crippen molar-refractivity contribution < 1.29 is 14.3 Å². The molecule has 2 N–H and O–H groups in total. The molecule has 0 fully saturated rings. The third-order valence-electron chi connectivity index (χ3n) is 3.06. The van der Waals surface area contributed by atoms with Crippen molar-refractivity contribution in [3.05, 3.63) is 45.9 Å². The Labute approximate surface area is 132 Å². The number of hydrogen-bond acceptors (Lipinski definition) is 5. The number of thiazole rings is 1. The summed E-state index contributed by atoms with van der Waals surface area (Å²) in [6.45, 7) is 2.12. The molecule has 2 amide bonds. The molecule has 0 unspecified atom stereocenters. The van der Waals surface area contributed by atoms with Crippen LogP contribution in [0.25, 0.3) is 0 Å². The van der Waals surface area contributed by atoms with E-state index in [1.807, 2.05) is 6.92 Å². The topological polar surface area (TPSA) is 85.5 Å². The molecule has 0 radical (unpaired) electrons. The van der Waals surface area contributed by atoms with E-state index < -0.39 is 5.91 Å². The Kier molecular flexibility index (Phi) is 5.11. The highest BCUT2D eigenvalue weighted by Gasteiger charge is 2.18. The van der Waals surface area contributed by atoms with Crippen molar-refractivity contribution in [1.29, 1.82) is 0 Å². The van der Waals surface area contributed by atoms with E-state index in [0.717, 1.165) is 10.6 Å². The molecule has 1 heterocycles. The fourth-order valence-corrected chi connectivity index (χ4v) is 2.72. The van der Waals surface area contributed by atoms with E-state index in [2.05, 4.69) is 4.98 Å². The Morgan fingerprint density at radius 1 is 1.36 bits per heavy atom. The maximum Gasteiger partial charge on any atom is 0.257 e. The monoisotopic (exact) mass is 319 g/mol. The highest BCUT2D eigenvalue weighted by molar-refractivity contribution is 7.09. The van der Waals surface area contributed by atoms with Gasteiger partial charge in [0.1, 0.15) is 5.75 Å². The Hall–Kier alpha value is -2.41.